The minimum absolute atomic E-state index is 0.129. The van der Waals surface area contributed by atoms with E-state index in [-0.39, 0.29) is 6.10 Å². The lowest BCUT2D eigenvalue weighted by Gasteiger charge is -2.29. The first-order valence-corrected chi connectivity index (χ1v) is 7.34. The third-order valence-corrected chi connectivity index (χ3v) is 4.20. The number of nitrogens with one attached hydrogen (secondary N) is 1. The number of hydrogen-bond acceptors (Lipinski definition) is 2. The van der Waals surface area contributed by atoms with Gasteiger partial charge in [-0.2, -0.15) is 0 Å². The zero-order valence-electron chi connectivity index (χ0n) is 9.79. The molecule has 1 aliphatic rings. The van der Waals surface area contributed by atoms with Crippen LogP contribution in [-0.4, -0.2) is 6.54 Å². The molecule has 0 radical (unpaired) electrons. The van der Waals surface area contributed by atoms with Crippen LogP contribution in [0.4, 0.5) is 5.69 Å². The molecular weight excluding hydrogens is 349 g/mol. The van der Waals surface area contributed by atoms with Crippen molar-refractivity contribution in [1.29, 1.82) is 0 Å². The minimum Gasteiger partial charge on any atom is -0.480 e. The molecule has 1 heterocycles. The fourth-order valence-corrected chi connectivity index (χ4v) is 3.08. The zero-order valence-corrected chi connectivity index (χ0v) is 12.9. The van der Waals surface area contributed by atoms with Crippen molar-refractivity contribution in [3.05, 3.63) is 56.5 Å². The van der Waals surface area contributed by atoms with E-state index in [0.717, 1.165) is 21.5 Å². The first kappa shape index (κ1) is 13.1. The lowest BCUT2D eigenvalue weighted by atomic mass is 10.1. The number of halogens is 3. The molecule has 0 spiro atoms. The summed E-state index contributed by atoms with van der Waals surface area (Å²) in [6.07, 6.45) is -0.129. The van der Waals surface area contributed by atoms with Crippen LogP contribution in [0, 0.1) is 0 Å². The summed E-state index contributed by atoms with van der Waals surface area (Å²) < 4.78 is 6.96. The Morgan fingerprint density at radius 3 is 2.84 bits per heavy atom. The first-order chi connectivity index (χ1) is 9.15. The third-order valence-electron chi connectivity index (χ3n) is 3.01. The van der Waals surface area contributed by atoms with E-state index in [1.165, 1.54) is 0 Å². The van der Waals surface area contributed by atoms with Crippen LogP contribution in [0.1, 0.15) is 11.7 Å². The number of ether oxygens (including phenoxy) is 1. The highest BCUT2D eigenvalue weighted by Crippen LogP contribution is 2.41. The summed E-state index contributed by atoms with van der Waals surface area (Å²) in [5.74, 6) is 0.810. The number of rotatable bonds is 1. The van der Waals surface area contributed by atoms with Gasteiger partial charge in [-0.15, -0.1) is 0 Å². The number of anilines is 1. The molecule has 3 rings (SSSR count). The van der Waals surface area contributed by atoms with E-state index in [4.69, 9.17) is 27.9 Å². The number of benzene rings is 2. The molecule has 0 bridgehead atoms. The van der Waals surface area contributed by atoms with Crippen LogP contribution in [0.2, 0.25) is 10.0 Å². The highest BCUT2D eigenvalue weighted by Gasteiger charge is 2.24. The van der Waals surface area contributed by atoms with Gasteiger partial charge in [0.15, 0.2) is 5.75 Å². The summed E-state index contributed by atoms with van der Waals surface area (Å²) in [6, 6.07) is 11.4. The summed E-state index contributed by atoms with van der Waals surface area (Å²) in [5.41, 5.74) is 1.91. The van der Waals surface area contributed by atoms with E-state index in [0.29, 0.717) is 16.6 Å². The SMILES string of the molecule is Clc1ccc(C2CNc3cccc(Br)c3O2)c(Cl)c1. The molecule has 2 aromatic carbocycles. The van der Waals surface area contributed by atoms with Crippen molar-refractivity contribution in [3.63, 3.8) is 0 Å². The minimum atomic E-state index is -0.129. The van der Waals surface area contributed by atoms with Gasteiger partial charge in [0, 0.05) is 15.6 Å². The van der Waals surface area contributed by atoms with Crippen LogP contribution >= 0.6 is 39.1 Å². The van der Waals surface area contributed by atoms with Gasteiger partial charge >= 0.3 is 0 Å². The predicted molar refractivity (Wildman–Crippen MR) is 82.5 cm³/mol. The molecule has 2 nitrogen and oxygen atoms in total. The Bertz CT molecular complexity index is 633. The van der Waals surface area contributed by atoms with Gasteiger partial charge in [-0.25, -0.2) is 0 Å². The van der Waals surface area contributed by atoms with Gasteiger partial charge in [0.05, 0.1) is 16.7 Å². The molecule has 2 aromatic rings. The van der Waals surface area contributed by atoms with Crippen molar-refractivity contribution in [1.82, 2.24) is 0 Å². The second kappa shape index (κ2) is 5.23. The van der Waals surface area contributed by atoms with Gasteiger partial charge in [-0.1, -0.05) is 35.3 Å². The Hall–Kier alpha value is -0.900. The Labute approximate surface area is 129 Å². The predicted octanol–water partition coefficient (Wildman–Crippen LogP) is 5.30. The first-order valence-electron chi connectivity index (χ1n) is 5.79. The van der Waals surface area contributed by atoms with Gasteiger partial charge in [0.2, 0.25) is 0 Å². The monoisotopic (exact) mass is 357 g/mol. The normalized spacial score (nSPS) is 17.3. The average Bonchev–Trinajstić information content (AvgIpc) is 2.39. The number of para-hydroxylation sites is 1. The molecule has 0 aliphatic carbocycles. The van der Waals surface area contributed by atoms with Crippen molar-refractivity contribution in [3.8, 4) is 5.75 Å². The molecule has 1 atom stereocenters. The van der Waals surface area contributed by atoms with Crippen LogP contribution in [0.5, 0.6) is 5.75 Å². The molecule has 98 valence electrons. The van der Waals surface area contributed by atoms with Gasteiger partial charge in [-0.3, -0.25) is 0 Å². The summed E-state index contributed by atoms with van der Waals surface area (Å²) in [4.78, 5) is 0. The third kappa shape index (κ3) is 2.55. The van der Waals surface area contributed by atoms with Gasteiger partial charge < -0.3 is 10.1 Å². The van der Waals surface area contributed by atoms with Crippen LogP contribution in [0.15, 0.2) is 40.9 Å². The van der Waals surface area contributed by atoms with Crippen LogP contribution in [-0.2, 0) is 0 Å². The lowest BCUT2D eigenvalue weighted by Crippen LogP contribution is -2.24. The lowest BCUT2D eigenvalue weighted by molar-refractivity contribution is 0.209. The largest absolute Gasteiger partial charge is 0.480 e. The van der Waals surface area contributed by atoms with Crippen LogP contribution in [0.25, 0.3) is 0 Å². The zero-order chi connectivity index (χ0) is 13.4. The van der Waals surface area contributed by atoms with E-state index in [2.05, 4.69) is 21.2 Å². The summed E-state index contributed by atoms with van der Waals surface area (Å²) in [5, 5.41) is 4.59. The maximum atomic E-state index is 6.23. The maximum absolute atomic E-state index is 6.23. The maximum Gasteiger partial charge on any atom is 0.157 e. The second-order valence-corrected chi connectivity index (χ2v) is 5.97. The standard InChI is InChI=1S/C14H10BrCl2NO/c15-10-2-1-3-12-14(10)19-13(7-18-12)9-5-4-8(16)6-11(9)17/h1-6,13,18H,7H2. The molecular formula is C14H10BrCl2NO. The second-order valence-electron chi connectivity index (χ2n) is 4.27. The molecule has 19 heavy (non-hydrogen) atoms. The molecule has 1 unspecified atom stereocenters. The Morgan fingerprint density at radius 2 is 2.05 bits per heavy atom. The van der Waals surface area contributed by atoms with Gasteiger partial charge in [0.1, 0.15) is 6.10 Å². The fraction of sp³-hybridized carbons (Fsp3) is 0.143. The summed E-state index contributed by atoms with van der Waals surface area (Å²) in [7, 11) is 0. The Morgan fingerprint density at radius 1 is 1.21 bits per heavy atom. The highest BCUT2D eigenvalue weighted by atomic mass is 79.9. The van der Waals surface area contributed by atoms with Crippen molar-refractivity contribution in [2.24, 2.45) is 0 Å². The van der Waals surface area contributed by atoms with E-state index in [1.54, 1.807) is 6.07 Å². The topological polar surface area (TPSA) is 21.3 Å². The van der Waals surface area contributed by atoms with Crippen LogP contribution < -0.4 is 10.1 Å². The van der Waals surface area contributed by atoms with E-state index >= 15 is 0 Å². The Kier molecular flexibility index (Phi) is 3.61. The molecule has 1 N–H and O–H groups in total. The van der Waals surface area contributed by atoms with E-state index < -0.39 is 0 Å². The Balaban J connectivity index is 1.95. The van der Waals surface area contributed by atoms with Crippen molar-refractivity contribution < 1.29 is 4.74 Å². The molecule has 0 aromatic heterocycles. The van der Waals surface area contributed by atoms with Crippen LogP contribution in [0.3, 0.4) is 0 Å². The van der Waals surface area contributed by atoms with Crippen molar-refractivity contribution in [2.45, 2.75) is 6.10 Å². The fourth-order valence-electron chi connectivity index (χ4n) is 2.09. The number of hydrogen-bond donors (Lipinski definition) is 1. The molecule has 0 saturated carbocycles. The van der Waals surface area contributed by atoms with Crippen molar-refractivity contribution >= 4 is 44.8 Å². The number of fused-ring (bicyclic) bond motifs is 1. The van der Waals surface area contributed by atoms with E-state index in [1.807, 2.05) is 30.3 Å². The molecule has 1 aliphatic heterocycles. The quantitative estimate of drug-likeness (QED) is 0.746. The summed E-state index contributed by atoms with van der Waals surface area (Å²) >= 11 is 15.6. The van der Waals surface area contributed by atoms with E-state index in [9.17, 15) is 0 Å². The molecule has 0 saturated heterocycles. The highest BCUT2D eigenvalue weighted by molar-refractivity contribution is 9.10. The van der Waals surface area contributed by atoms with Gasteiger partial charge in [0.25, 0.3) is 0 Å². The molecule has 0 amide bonds. The average molecular weight is 359 g/mol. The molecule has 5 heteroatoms. The van der Waals surface area contributed by atoms with Crippen molar-refractivity contribution in [2.75, 3.05) is 11.9 Å². The summed E-state index contributed by atoms with van der Waals surface area (Å²) in [6.45, 7) is 0.671. The van der Waals surface area contributed by atoms with Gasteiger partial charge in [-0.05, 0) is 40.2 Å². The molecule has 0 fully saturated rings. The smallest absolute Gasteiger partial charge is 0.157 e.